The Morgan fingerprint density at radius 1 is 1.83 bits per heavy atom. The Kier molecular flexibility index (Phi) is 2.74. The maximum absolute atomic E-state index is 10.6. The molecule has 2 atom stereocenters. The highest BCUT2D eigenvalue weighted by Crippen LogP contribution is 2.19. The topological polar surface area (TPSA) is 35.5 Å². The second-order valence-corrected chi connectivity index (χ2v) is 3.11. The first-order valence-corrected chi connectivity index (χ1v) is 4.11. The van der Waals surface area contributed by atoms with Gasteiger partial charge >= 0.3 is 5.97 Å². The van der Waals surface area contributed by atoms with Crippen molar-refractivity contribution in [3.05, 3.63) is 11.8 Å². The molecule has 0 saturated heterocycles. The minimum Gasteiger partial charge on any atom is -0.494 e. The normalized spacial score (nSPS) is 24.2. The Morgan fingerprint density at radius 3 is 2.92 bits per heavy atom. The molecular formula is C9H14O3. The molecule has 3 heteroatoms. The smallest absolute Gasteiger partial charge is 0.303 e. The Bertz CT molecular complexity index is 208. The highest BCUT2D eigenvalue weighted by molar-refractivity contribution is 5.66. The van der Waals surface area contributed by atoms with Crippen LogP contribution in [0.3, 0.4) is 0 Å². The number of rotatable bonds is 2. The van der Waals surface area contributed by atoms with E-state index in [2.05, 4.69) is 6.92 Å². The van der Waals surface area contributed by atoms with Crippen LogP contribution in [-0.2, 0) is 14.3 Å². The lowest BCUT2D eigenvalue weighted by Gasteiger charge is -2.12. The monoisotopic (exact) mass is 170 g/mol. The van der Waals surface area contributed by atoms with E-state index in [-0.39, 0.29) is 12.1 Å². The zero-order valence-corrected chi connectivity index (χ0v) is 7.66. The molecule has 0 spiro atoms. The second kappa shape index (κ2) is 3.61. The summed E-state index contributed by atoms with van der Waals surface area (Å²) in [4.78, 5) is 10.6. The number of hydrogen-bond acceptors (Lipinski definition) is 3. The van der Waals surface area contributed by atoms with Gasteiger partial charge in [-0.15, -0.1) is 0 Å². The van der Waals surface area contributed by atoms with Crippen molar-refractivity contribution in [1.82, 2.24) is 0 Å². The van der Waals surface area contributed by atoms with Crippen molar-refractivity contribution in [2.24, 2.45) is 5.92 Å². The highest BCUT2D eigenvalue weighted by Gasteiger charge is 2.20. The van der Waals surface area contributed by atoms with Crippen LogP contribution in [0.1, 0.15) is 20.8 Å². The maximum atomic E-state index is 10.6. The van der Waals surface area contributed by atoms with Gasteiger partial charge in [0.1, 0.15) is 5.76 Å². The average Bonchev–Trinajstić information content (AvgIpc) is 2.34. The van der Waals surface area contributed by atoms with Crippen molar-refractivity contribution in [2.45, 2.75) is 26.9 Å². The summed E-state index contributed by atoms with van der Waals surface area (Å²) in [5.41, 5.74) is 0. The predicted molar refractivity (Wildman–Crippen MR) is 44.4 cm³/mol. The van der Waals surface area contributed by atoms with Gasteiger partial charge in [0, 0.05) is 12.8 Å². The molecule has 0 radical (unpaired) electrons. The SMILES string of the molecule is CC(=O)OC(C)C1=CC(C)CO1. The van der Waals surface area contributed by atoms with Gasteiger partial charge in [0.15, 0.2) is 6.10 Å². The van der Waals surface area contributed by atoms with E-state index in [9.17, 15) is 4.79 Å². The van der Waals surface area contributed by atoms with Crippen LogP contribution in [0.25, 0.3) is 0 Å². The van der Waals surface area contributed by atoms with Crippen LogP contribution in [0.15, 0.2) is 11.8 Å². The fraction of sp³-hybridized carbons (Fsp3) is 0.667. The van der Waals surface area contributed by atoms with E-state index in [0.717, 1.165) is 5.76 Å². The first-order valence-electron chi connectivity index (χ1n) is 4.11. The predicted octanol–water partition coefficient (Wildman–Crippen LogP) is 1.49. The van der Waals surface area contributed by atoms with E-state index in [0.29, 0.717) is 12.5 Å². The van der Waals surface area contributed by atoms with Crippen LogP contribution in [0.2, 0.25) is 0 Å². The number of hydrogen-bond donors (Lipinski definition) is 0. The summed E-state index contributed by atoms with van der Waals surface area (Å²) in [5.74, 6) is 0.933. The minimum absolute atomic E-state index is 0.243. The van der Waals surface area contributed by atoms with Crippen molar-refractivity contribution in [3.63, 3.8) is 0 Å². The van der Waals surface area contributed by atoms with E-state index in [1.54, 1.807) is 0 Å². The molecular weight excluding hydrogens is 156 g/mol. The lowest BCUT2D eigenvalue weighted by molar-refractivity contribution is -0.145. The van der Waals surface area contributed by atoms with Crippen LogP contribution in [0, 0.1) is 5.92 Å². The van der Waals surface area contributed by atoms with E-state index in [1.807, 2.05) is 13.0 Å². The highest BCUT2D eigenvalue weighted by atomic mass is 16.6. The molecule has 1 heterocycles. The van der Waals surface area contributed by atoms with E-state index < -0.39 is 0 Å². The largest absolute Gasteiger partial charge is 0.494 e. The molecule has 0 fully saturated rings. The summed E-state index contributed by atoms with van der Waals surface area (Å²) in [6.07, 6.45) is 1.75. The lowest BCUT2D eigenvalue weighted by atomic mass is 10.2. The number of esters is 1. The summed E-state index contributed by atoms with van der Waals surface area (Å²) in [7, 11) is 0. The van der Waals surface area contributed by atoms with Crippen LogP contribution in [0.5, 0.6) is 0 Å². The van der Waals surface area contributed by atoms with E-state index in [1.165, 1.54) is 6.92 Å². The Balaban J connectivity index is 2.47. The molecule has 1 rings (SSSR count). The van der Waals surface area contributed by atoms with Crippen molar-refractivity contribution in [2.75, 3.05) is 6.61 Å². The molecule has 0 aliphatic carbocycles. The fourth-order valence-corrected chi connectivity index (χ4v) is 1.16. The molecule has 0 aromatic rings. The van der Waals surface area contributed by atoms with Crippen molar-refractivity contribution in [1.29, 1.82) is 0 Å². The quantitative estimate of drug-likeness (QED) is 0.589. The Morgan fingerprint density at radius 2 is 2.50 bits per heavy atom. The first kappa shape index (κ1) is 9.10. The van der Waals surface area contributed by atoms with E-state index in [4.69, 9.17) is 9.47 Å². The second-order valence-electron chi connectivity index (χ2n) is 3.11. The summed E-state index contributed by atoms with van der Waals surface area (Å²) in [5, 5.41) is 0. The standard InChI is InChI=1S/C9H14O3/c1-6-4-9(11-5-6)7(2)12-8(3)10/h4,6-7H,5H2,1-3H3. The first-order chi connectivity index (χ1) is 5.59. The van der Waals surface area contributed by atoms with Gasteiger partial charge in [0.25, 0.3) is 0 Å². The van der Waals surface area contributed by atoms with Gasteiger partial charge in [0.2, 0.25) is 0 Å². The van der Waals surface area contributed by atoms with Gasteiger partial charge < -0.3 is 9.47 Å². The van der Waals surface area contributed by atoms with Gasteiger partial charge in [-0.25, -0.2) is 0 Å². The molecule has 12 heavy (non-hydrogen) atoms. The molecule has 0 N–H and O–H groups in total. The van der Waals surface area contributed by atoms with Gasteiger partial charge in [-0.05, 0) is 13.0 Å². The molecule has 3 nitrogen and oxygen atoms in total. The van der Waals surface area contributed by atoms with Gasteiger partial charge in [0.05, 0.1) is 6.61 Å². The van der Waals surface area contributed by atoms with Crippen LogP contribution < -0.4 is 0 Å². The maximum Gasteiger partial charge on any atom is 0.303 e. The third kappa shape index (κ3) is 2.26. The lowest BCUT2D eigenvalue weighted by Crippen LogP contribution is -2.15. The number of carbonyl (C=O) groups is 1. The van der Waals surface area contributed by atoms with E-state index >= 15 is 0 Å². The molecule has 0 amide bonds. The summed E-state index contributed by atoms with van der Waals surface area (Å²) in [6, 6.07) is 0. The average molecular weight is 170 g/mol. The van der Waals surface area contributed by atoms with Crippen LogP contribution in [-0.4, -0.2) is 18.7 Å². The number of carbonyl (C=O) groups excluding carboxylic acids is 1. The third-order valence-corrected chi connectivity index (χ3v) is 1.71. The molecule has 68 valence electrons. The summed E-state index contributed by atoms with van der Waals surface area (Å²) in [6.45, 7) is 5.97. The molecule has 0 bridgehead atoms. The molecule has 1 aliphatic heterocycles. The summed E-state index contributed by atoms with van der Waals surface area (Å²) < 4.78 is 10.3. The van der Waals surface area contributed by atoms with Crippen molar-refractivity contribution >= 4 is 5.97 Å². The number of ether oxygens (including phenoxy) is 2. The molecule has 1 aliphatic rings. The fourth-order valence-electron chi connectivity index (χ4n) is 1.16. The van der Waals surface area contributed by atoms with Crippen molar-refractivity contribution < 1.29 is 14.3 Å². The third-order valence-electron chi connectivity index (χ3n) is 1.71. The van der Waals surface area contributed by atoms with Crippen molar-refractivity contribution in [3.8, 4) is 0 Å². The molecule has 2 unspecified atom stereocenters. The summed E-state index contributed by atoms with van der Waals surface area (Å²) >= 11 is 0. The zero-order valence-electron chi connectivity index (χ0n) is 7.66. The van der Waals surface area contributed by atoms with Gasteiger partial charge in [-0.1, -0.05) is 6.92 Å². The zero-order chi connectivity index (χ0) is 9.14. The van der Waals surface area contributed by atoms with Crippen LogP contribution in [0.4, 0.5) is 0 Å². The molecule has 0 saturated carbocycles. The van der Waals surface area contributed by atoms with Gasteiger partial charge in [-0.2, -0.15) is 0 Å². The minimum atomic E-state index is -0.272. The molecule has 0 aromatic carbocycles. The Hall–Kier alpha value is -0.990. The van der Waals surface area contributed by atoms with Gasteiger partial charge in [-0.3, -0.25) is 4.79 Å². The molecule has 0 aromatic heterocycles. The Labute approximate surface area is 72.4 Å². The van der Waals surface area contributed by atoms with Crippen LogP contribution >= 0.6 is 0 Å².